The van der Waals surface area contributed by atoms with Gasteiger partial charge in [-0.3, -0.25) is 0 Å². The van der Waals surface area contributed by atoms with Crippen LogP contribution in [0.15, 0.2) is 30.3 Å². The Kier molecular flexibility index (Phi) is 15.6. The SMILES string of the molecule is CCO[SiH](Cc1ccccc1)OCC.CCO[Si](C)(CCCOCC1CO1)OCC. The van der Waals surface area contributed by atoms with Crippen LogP contribution in [0.5, 0.6) is 0 Å². The molecule has 6 nitrogen and oxygen atoms in total. The fourth-order valence-electron chi connectivity index (χ4n) is 3.02. The predicted molar refractivity (Wildman–Crippen MR) is 125 cm³/mol. The summed E-state index contributed by atoms with van der Waals surface area (Å²) in [6, 6.07) is 12.3. The maximum absolute atomic E-state index is 5.75. The van der Waals surface area contributed by atoms with Gasteiger partial charge >= 0.3 is 17.8 Å². The Labute approximate surface area is 186 Å². The minimum absolute atomic E-state index is 0.363. The summed E-state index contributed by atoms with van der Waals surface area (Å²) < 4.78 is 33.3. The summed E-state index contributed by atoms with van der Waals surface area (Å²) in [6.45, 7) is 15.6. The first-order chi connectivity index (χ1) is 14.6. The lowest BCUT2D eigenvalue weighted by Gasteiger charge is -2.25. The van der Waals surface area contributed by atoms with Gasteiger partial charge in [-0.15, -0.1) is 0 Å². The number of hydrogen-bond donors (Lipinski definition) is 0. The van der Waals surface area contributed by atoms with Gasteiger partial charge < -0.3 is 27.2 Å². The second kappa shape index (κ2) is 17.0. The number of epoxide rings is 1. The molecule has 0 bridgehead atoms. The van der Waals surface area contributed by atoms with Gasteiger partial charge in [0.05, 0.1) is 13.2 Å². The van der Waals surface area contributed by atoms with Crippen LogP contribution in [0.4, 0.5) is 0 Å². The minimum atomic E-state index is -1.92. The first-order valence-electron chi connectivity index (χ1n) is 11.3. The van der Waals surface area contributed by atoms with Crippen LogP contribution in [-0.4, -0.2) is 70.2 Å². The molecule has 0 aromatic heterocycles. The molecule has 30 heavy (non-hydrogen) atoms. The molecular weight excluding hydrogens is 416 g/mol. The molecule has 1 aliphatic rings. The normalized spacial score (nSPS) is 15.7. The number of rotatable bonds is 16. The van der Waals surface area contributed by atoms with Crippen LogP contribution >= 0.6 is 0 Å². The smallest absolute Gasteiger partial charge is 0.334 e. The van der Waals surface area contributed by atoms with Crippen molar-refractivity contribution in [3.63, 3.8) is 0 Å². The standard InChI is InChI=1S/C11H24O4Si.C11H18O2Si/c1-4-14-16(3,15-5-2)8-6-7-12-9-11-10-13-11;1-3-12-14(13-4-2)10-11-8-6-5-7-9-11/h11H,4-10H2,1-3H3;5-9,14H,3-4,10H2,1-2H3. The minimum Gasteiger partial charge on any atom is -0.397 e. The van der Waals surface area contributed by atoms with Crippen LogP contribution in [0.1, 0.15) is 39.7 Å². The predicted octanol–water partition coefficient (Wildman–Crippen LogP) is 4.00. The van der Waals surface area contributed by atoms with Gasteiger partial charge in [-0.05, 0) is 52.3 Å². The first kappa shape index (κ1) is 27.4. The highest BCUT2D eigenvalue weighted by Gasteiger charge is 2.30. The molecule has 1 saturated heterocycles. The highest BCUT2D eigenvalue weighted by molar-refractivity contribution is 6.66. The van der Waals surface area contributed by atoms with E-state index in [0.717, 1.165) is 64.8 Å². The Morgan fingerprint density at radius 1 is 0.967 bits per heavy atom. The first-order valence-corrected chi connectivity index (χ1v) is 15.6. The maximum Gasteiger partial charge on any atom is 0.334 e. The quantitative estimate of drug-likeness (QED) is 0.212. The lowest BCUT2D eigenvalue weighted by molar-refractivity contribution is 0.113. The highest BCUT2D eigenvalue weighted by atomic mass is 28.4. The Balaban J connectivity index is 0.000000303. The lowest BCUT2D eigenvalue weighted by atomic mass is 10.2. The molecular formula is C22H42O6Si2. The topological polar surface area (TPSA) is 58.7 Å². The second-order valence-electron chi connectivity index (χ2n) is 7.16. The van der Waals surface area contributed by atoms with Crippen molar-refractivity contribution >= 4 is 17.8 Å². The van der Waals surface area contributed by atoms with E-state index in [1.807, 2.05) is 33.8 Å². The molecule has 1 fully saturated rings. The molecule has 1 heterocycles. The molecule has 0 spiro atoms. The van der Waals surface area contributed by atoms with E-state index >= 15 is 0 Å². The van der Waals surface area contributed by atoms with Gasteiger partial charge in [-0.25, -0.2) is 0 Å². The summed E-state index contributed by atoms with van der Waals surface area (Å²) in [4.78, 5) is 0. The molecule has 0 amide bonds. The van der Waals surface area contributed by atoms with E-state index in [-0.39, 0.29) is 0 Å². The zero-order chi connectivity index (χ0) is 22.1. The monoisotopic (exact) mass is 458 g/mol. The Morgan fingerprint density at radius 2 is 1.57 bits per heavy atom. The fourth-order valence-corrected chi connectivity index (χ4v) is 7.13. The van der Waals surface area contributed by atoms with Gasteiger partial charge in [-0.2, -0.15) is 0 Å². The van der Waals surface area contributed by atoms with E-state index in [2.05, 4.69) is 30.8 Å². The summed E-state index contributed by atoms with van der Waals surface area (Å²) in [5, 5.41) is 0. The van der Waals surface area contributed by atoms with Gasteiger partial charge in [0.25, 0.3) is 0 Å². The second-order valence-corrected chi connectivity index (χ2v) is 12.4. The summed E-state index contributed by atoms with van der Waals surface area (Å²) in [5.41, 5.74) is 1.31. The van der Waals surface area contributed by atoms with Crippen LogP contribution in [-0.2, 0) is 33.2 Å². The Morgan fingerprint density at radius 3 is 2.07 bits per heavy atom. The van der Waals surface area contributed by atoms with Crippen LogP contribution < -0.4 is 0 Å². The molecule has 174 valence electrons. The van der Waals surface area contributed by atoms with Gasteiger partial charge in [0, 0.05) is 39.1 Å². The van der Waals surface area contributed by atoms with Gasteiger partial charge in [0.15, 0.2) is 0 Å². The maximum atomic E-state index is 5.75. The molecule has 1 aromatic rings. The largest absolute Gasteiger partial charge is 0.397 e. The highest BCUT2D eigenvalue weighted by Crippen LogP contribution is 2.16. The van der Waals surface area contributed by atoms with E-state index in [0.29, 0.717) is 6.10 Å². The molecule has 1 atom stereocenters. The summed E-state index contributed by atoms with van der Waals surface area (Å²) >= 11 is 0. The third-order valence-corrected chi connectivity index (χ3v) is 9.75. The van der Waals surface area contributed by atoms with Crippen LogP contribution in [0.3, 0.4) is 0 Å². The van der Waals surface area contributed by atoms with E-state index in [4.69, 9.17) is 27.2 Å². The van der Waals surface area contributed by atoms with Crippen LogP contribution in [0.2, 0.25) is 12.6 Å². The third kappa shape index (κ3) is 13.7. The average Bonchev–Trinajstić information content (AvgIpc) is 3.54. The molecule has 0 aliphatic carbocycles. The average molecular weight is 459 g/mol. The van der Waals surface area contributed by atoms with Crippen molar-refractivity contribution in [2.75, 3.05) is 46.2 Å². The van der Waals surface area contributed by atoms with Crippen LogP contribution in [0, 0.1) is 0 Å². The molecule has 0 radical (unpaired) electrons. The van der Waals surface area contributed by atoms with Crippen molar-refractivity contribution in [2.45, 2.75) is 58.9 Å². The molecule has 1 unspecified atom stereocenters. The fraction of sp³-hybridized carbons (Fsp3) is 0.727. The van der Waals surface area contributed by atoms with E-state index in [1.54, 1.807) is 0 Å². The molecule has 1 aromatic carbocycles. The van der Waals surface area contributed by atoms with Crippen molar-refractivity contribution in [3.05, 3.63) is 35.9 Å². The molecule has 0 N–H and O–H groups in total. The van der Waals surface area contributed by atoms with E-state index < -0.39 is 17.8 Å². The zero-order valence-corrected chi connectivity index (χ0v) is 21.7. The van der Waals surface area contributed by atoms with Gasteiger partial charge in [0.2, 0.25) is 0 Å². The van der Waals surface area contributed by atoms with Gasteiger partial charge in [0.1, 0.15) is 6.10 Å². The summed E-state index contributed by atoms with van der Waals surface area (Å²) in [5.74, 6) is 0. The van der Waals surface area contributed by atoms with Crippen molar-refractivity contribution in [2.24, 2.45) is 0 Å². The zero-order valence-electron chi connectivity index (χ0n) is 19.6. The number of ether oxygens (including phenoxy) is 2. The van der Waals surface area contributed by atoms with Crippen molar-refractivity contribution in [1.82, 2.24) is 0 Å². The van der Waals surface area contributed by atoms with Crippen molar-refractivity contribution in [3.8, 4) is 0 Å². The lowest BCUT2D eigenvalue weighted by Crippen LogP contribution is -2.38. The van der Waals surface area contributed by atoms with Crippen LogP contribution in [0.25, 0.3) is 0 Å². The van der Waals surface area contributed by atoms with Crippen molar-refractivity contribution in [1.29, 1.82) is 0 Å². The number of hydrogen-bond acceptors (Lipinski definition) is 6. The third-order valence-electron chi connectivity index (χ3n) is 4.48. The van der Waals surface area contributed by atoms with Crippen molar-refractivity contribution < 1.29 is 27.2 Å². The summed E-state index contributed by atoms with van der Waals surface area (Å²) in [6.07, 6.45) is 1.37. The number of benzene rings is 1. The summed E-state index contributed by atoms with van der Waals surface area (Å²) in [7, 11) is -3.38. The van der Waals surface area contributed by atoms with E-state index in [1.165, 1.54) is 5.56 Å². The van der Waals surface area contributed by atoms with Gasteiger partial charge in [-0.1, -0.05) is 30.3 Å². The molecule has 8 heteroatoms. The molecule has 0 saturated carbocycles. The van der Waals surface area contributed by atoms with E-state index in [9.17, 15) is 0 Å². The molecule has 1 aliphatic heterocycles. The Bertz CT molecular complexity index is 504. The molecule has 2 rings (SSSR count). The Hall–Kier alpha value is -0.586.